The molecule has 2 heterocycles. The lowest BCUT2D eigenvalue weighted by Crippen LogP contribution is -2.39. The monoisotopic (exact) mass is 309 g/mol. The lowest BCUT2D eigenvalue weighted by atomic mass is 9.68. The molecule has 0 amide bonds. The van der Waals surface area contributed by atoms with Gasteiger partial charge in [0.05, 0.1) is 18.1 Å². The molecule has 2 aliphatic heterocycles. The second-order valence-electron chi connectivity index (χ2n) is 8.31. The number of ether oxygens (including phenoxy) is 1. The lowest BCUT2D eigenvalue weighted by molar-refractivity contribution is -0.145. The second kappa shape index (κ2) is 4.92. The quantitative estimate of drug-likeness (QED) is 0.579. The molecule has 4 fully saturated rings. The van der Waals surface area contributed by atoms with Crippen molar-refractivity contribution in [3.05, 3.63) is 0 Å². The second-order valence-corrected chi connectivity index (χ2v) is 8.31. The van der Waals surface area contributed by atoms with Crippen LogP contribution in [-0.2, 0) is 9.53 Å². The van der Waals surface area contributed by atoms with E-state index in [-0.39, 0.29) is 41.2 Å². The zero-order valence-corrected chi connectivity index (χ0v) is 13.4. The van der Waals surface area contributed by atoms with E-state index in [9.17, 15) is 15.0 Å². The van der Waals surface area contributed by atoms with E-state index in [0.29, 0.717) is 6.42 Å². The number of hydrogen-bond acceptors (Lipinski definition) is 5. The van der Waals surface area contributed by atoms with Gasteiger partial charge in [-0.2, -0.15) is 0 Å². The van der Waals surface area contributed by atoms with Crippen LogP contribution in [0, 0.1) is 29.1 Å². The normalized spacial score (nSPS) is 54.5. The molecule has 2 saturated heterocycles. The van der Waals surface area contributed by atoms with Crippen molar-refractivity contribution in [1.82, 2.24) is 4.90 Å². The first kappa shape index (κ1) is 14.9. The summed E-state index contributed by atoms with van der Waals surface area (Å²) in [5, 5.41) is 21.0. The Morgan fingerprint density at radius 1 is 1.32 bits per heavy atom. The lowest BCUT2D eigenvalue weighted by Gasteiger charge is -2.38. The summed E-state index contributed by atoms with van der Waals surface area (Å²) in [5.41, 5.74) is -0.302. The summed E-state index contributed by atoms with van der Waals surface area (Å²) in [6.07, 6.45) is 1.12. The zero-order valence-electron chi connectivity index (χ0n) is 13.4. The van der Waals surface area contributed by atoms with E-state index in [1.165, 1.54) is 0 Å². The number of fused-ring (bicyclic) bond motifs is 2. The molecule has 0 radical (unpaired) electrons. The van der Waals surface area contributed by atoms with E-state index in [4.69, 9.17) is 4.74 Å². The minimum Gasteiger partial charge on any atom is -0.462 e. The Morgan fingerprint density at radius 2 is 2.05 bits per heavy atom. The molecule has 4 rings (SSSR count). The van der Waals surface area contributed by atoms with E-state index >= 15 is 0 Å². The van der Waals surface area contributed by atoms with Crippen LogP contribution < -0.4 is 0 Å². The van der Waals surface area contributed by atoms with Crippen molar-refractivity contribution in [3.8, 4) is 0 Å². The van der Waals surface area contributed by atoms with Crippen LogP contribution in [0.2, 0.25) is 0 Å². The topological polar surface area (TPSA) is 69.8 Å². The van der Waals surface area contributed by atoms with Gasteiger partial charge in [0.1, 0.15) is 6.10 Å². The number of nitrogens with zero attached hydrogens (tertiary/aromatic N) is 1. The van der Waals surface area contributed by atoms with Crippen molar-refractivity contribution in [2.45, 2.75) is 51.4 Å². The number of hydrogen-bond donors (Lipinski definition) is 2. The van der Waals surface area contributed by atoms with Crippen molar-refractivity contribution in [3.63, 3.8) is 0 Å². The van der Waals surface area contributed by atoms with Gasteiger partial charge in [-0.25, -0.2) is 0 Å². The highest BCUT2D eigenvalue weighted by Crippen LogP contribution is 2.57. The van der Waals surface area contributed by atoms with Gasteiger partial charge in [-0.1, -0.05) is 13.8 Å². The number of carbonyl (C=O) groups is 1. The predicted octanol–water partition coefficient (Wildman–Crippen LogP) is 0.638. The fourth-order valence-corrected chi connectivity index (χ4v) is 5.62. The van der Waals surface area contributed by atoms with E-state index < -0.39 is 12.2 Å². The van der Waals surface area contributed by atoms with Crippen LogP contribution in [0.25, 0.3) is 0 Å². The van der Waals surface area contributed by atoms with Gasteiger partial charge in [-0.3, -0.25) is 9.69 Å². The van der Waals surface area contributed by atoms with Crippen LogP contribution in [0.1, 0.15) is 33.1 Å². The smallest absolute Gasteiger partial charge is 0.310 e. The average molecular weight is 309 g/mol. The molecule has 2 aliphatic carbocycles. The standard InChI is InChI=1S/C17H27NO4/c1-9-5-13-10(11(16(21)22-13)8-18-3-4-18)7-17(2)14(20)6-12(19)15(9)17/h9-15,19-20H,3-8H2,1-2H3/t9-,10+,11+,12-,13-,14+,15+,17+/m1/s1. The first-order valence-corrected chi connectivity index (χ1v) is 8.69. The van der Waals surface area contributed by atoms with E-state index in [2.05, 4.69) is 18.7 Å². The fourth-order valence-electron chi connectivity index (χ4n) is 5.62. The van der Waals surface area contributed by atoms with E-state index in [1.807, 2.05) is 0 Å². The van der Waals surface area contributed by atoms with Gasteiger partial charge in [0.15, 0.2) is 0 Å². The number of aliphatic hydroxyl groups is 2. The summed E-state index contributed by atoms with van der Waals surface area (Å²) >= 11 is 0. The Kier molecular flexibility index (Phi) is 3.34. The third-order valence-corrected chi connectivity index (χ3v) is 6.85. The molecule has 124 valence electrons. The van der Waals surface area contributed by atoms with Crippen molar-refractivity contribution in [2.75, 3.05) is 19.6 Å². The Bertz CT molecular complexity index is 479. The first-order valence-electron chi connectivity index (χ1n) is 8.69. The van der Waals surface area contributed by atoms with Crippen LogP contribution in [0.3, 0.4) is 0 Å². The highest BCUT2D eigenvalue weighted by atomic mass is 16.6. The number of rotatable bonds is 2. The van der Waals surface area contributed by atoms with Crippen LogP contribution in [0.15, 0.2) is 0 Å². The molecular formula is C17H27NO4. The molecule has 8 atom stereocenters. The largest absolute Gasteiger partial charge is 0.462 e. The summed E-state index contributed by atoms with van der Waals surface area (Å²) in [7, 11) is 0. The number of esters is 1. The Hall–Kier alpha value is -0.650. The maximum atomic E-state index is 12.3. The van der Waals surface area contributed by atoms with Gasteiger partial charge < -0.3 is 14.9 Å². The molecule has 0 unspecified atom stereocenters. The van der Waals surface area contributed by atoms with E-state index in [1.54, 1.807) is 0 Å². The molecule has 22 heavy (non-hydrogen) atoms. The molecule has 0 aromatic heterocycles. The van der Waals surface area contributed by atoms with Gasteiger partial charge in [0.25, 0.3) is 0 Å². The highest BCUT2D eigenvalue weighted by molar-refractivity contribution is 5.75. The Labute approximate surface area is 131 Å². The van der Waals surface area contributed by atoms with Crippen LogP contribution in [-0.4, -0.2) is 59.0 Å². The summed E-state index contributed by atoms with van der Waals surface area (Å²) in [4.78, 5) is 14.6. The van der Waals surface area contributed by atoms with Crippen molar-refractivity contribution < 1.29 is 19.7 Å². The van der Waals surface area contributed by atoms with Crippen molar-refractivity contribution in [2.24, 2.45) is 29.1 Å². The van der Waals surface area contributed by atoms with Gasteiger partial charge >= 0.3 is 5.97 Å². The molecule has 2 N–H and O–H groups in total. The molecule has 4 aliphatic rings. The van der Waals surface area contributed by atoms with Crippen LogP contribution >= 0.6 is 0 Å². The molecule has 0 spiro atoms. The van der Waals surface area contributed by atoms with Crippen LogP contribution in [0.4, 0.5) is 0 Å². The minimum absolute atomic E-state index is 0.0331. The number of carbonyl (C=O) groups excluding carboxylic acids is 1. The molecular weight excluding hydrogens is 282 g/mol. The van der Waals surface area contributed by atoms with Crippen LogP contribution in [0.5, 0.6) is 0 Å². The maximum absolute atomic E-state index is 12.3. The molecule has 2 saturated carbocycles. The highest BCUT2D eigenvalue weighted by Gasteiger charge is 2.60. The van der Waals surface area contributed by atoms with E-state index in [0.717, 1.165) is 32.5 Å². The fraction of sp³-hybridized carbons (Fsp3) is 0.941. The summed E-state index contributed by atoms with van der Waals surface area (Å²) in [6.45, 7) is 7.21. The molecule has 5 heteroatoms. The SMILES string of the molecule is C[C@@H]1C[C@H]2OC(=O)[C@@H](CN3CC3)[C@@H]2C[C@]2(C)[C@@H]1[C@H](O)C[C@@H]2O. The third-order valence-electron chi connectivity index (χ3n) is 6.85. The maximum Gasteiger partial charge on any atom is 0.310 e. The van der Waals surface area contributed by atoms with Gasteiger partial charge in [0.2, 0.25) is 0 Å². The third kappa shape index (κ3) is 2.13. The summed E-state index contributed by atoms with van der Waals surface area (Å²) in [5.74, 6) is 0.448. The van der Waals surface area contributed by atoms with Crippen molar-refractivity contribution >= 4 is 5.97 Å². The molecule has 0 bridgehead atoms. The number of aliphatic hydroxyl groups excluding tert-OH is 2. The minimum atomic E-state index is -0.480. The summed E-state index contributed by atoms with van der Waals surface area (Å²) in [6, 6.07) is 0. The zero-order chi connectivity index (χ0) is 15.6. The Balaban J connectivity index is 1.64. The van der Waals surface area contributed by atoms with Crippen molar-refractivity contribution in [1.29, 1.82) is 0 Å². The molecule has 0 aromatic rings. The van der Waals surface area contributed by atoms with Gasteiger partial charge in [-0.15, -0.1) is 0 Å². The predicted molar refractivity (Wildman–Crippen MR) is 79.9 cm³/mol. The summed E-state index contributed by atoms with van der Waals surface area (Å²) < 4.78 is 5.71. The molecule has 0 aromatic carbocycles. The van der Waals surface area contributed by atoms with Gasteiger partial charge in [-0.05, 0) is 30.1 Å². The first-order chi connectivity index (χ1) is 10.4. The van der Waals surface area contributed by atoms with Gasteiger partial charge in [0, 0.05) is 32.0 Å². The Morgan fingerprint density at radius 3 is 2.73 bits per heavy atom. The molecule has 5 nitrogen and oxygen atoms in total. The average Bonchev–Trinajstić information content (AvgIpc) is 3.17.